The molecule has 2 heterocycles. The fraction of sp³-hybridized carbons (Fsp3) is 0.267. The van der Waals surface area contributed by atoms with Gasteiger partial charge in [-0.2, -0.15) is 0 Å². The topological polar surface area (TPSA) is 54.6 Å². The second-order valence-electron chi connectivity index (χ2n) is 9.41. The van der Waals surface area contributed by atoms with Crippen LogP contribution in [0.4, 0.5) is 10.7 Å². The molecule has 7 heteroatoms. The van der Waals surface area contributed by atoms with E-state index in [9.17, 15) is 4.79 Å². The highest BCUT2D eigenvalue weighted by Gasteiger charge is 2.24. The molecule has 0 bridgehead atoms. The minimum atomic E-state index is -0.112. The zero-order valence-electron chi connectivity index (χ0n) is 20.9. The third-order valence-electron chi connectivity index (χ3n) is 6.80. The lowest BCUT2D eigenvalue weighted by Gasteiger charge is -2.12. The Balaban J connectivity index is 1.47. The van der Waals surface area contributed by atoms with Gasteiger partial charge in [-0.25, -0.2) is 4.99 Å². The molecule has 1 aliphatic carbocycles. The number of anilines is 1. The summed E-state index contributed by atoms with van der Waals surface area (Å²) >= 11 is 14.2. The smallest absolute Gasteiger partial charge is 0.259 e. The SMILES string of the molecule is Cc1ccc(NC(=O)c2c(N=Cc3ccc(-c4cccc(Cl)c4Cl)o3)sc3c2CCCCCC3)cc1C. The van der Waals surface area contributed by atoms with Gasteiger partial charge in [-0.3, -0.25) is 4.79 Å². The van der Waals surface area contributed by atoms with E-state index in [1.165, 1.54) is 23.3 Å². The van der Waals surface area contributed by atoms with Gasteiger partial charge < -0.3 is 9.73 Å². The van der Waals surface area contributed by atoms with Crippen LogP contribution in [0.3, 0.4) is 0 Å². The van der Waals surface area contributed by atoms with Crippen molar-refractivity contribution in [2.24, 2.45) is 4.99 Å². The van der Waals surface area contributed by atoms with Crippen LogP contribution in [0.5, 0.6) is 0 Å². The zero-order valence-corrected chi connectivity index (χ0v) is 23.2. The van der Waals surface area contributed by atoms with Crippen LogP contribution in [0.2, 0.25) is 10.0 Å². The summed E-state index contributed by atoms with van der Waals surface area (Å²) in [6.45, 7) is 4.12. The van der Waals surface area contributed by atoms with Gasteiger partial charge in [-0.15, -0.1) is 11.3 Å². The molecule has 4 aromatic rings. The number of hydrogen-bond donors (Lipinski definition) is 1. The zero-order chi connectivity index (χ0) is 25.9. The molecule has 5 rings (SSSR count). The number of hydrogen-bond acceptors (Lipinski definition) is 4. The molecule has 0 saturated heterocycles. The first-order chi connectivity index (χ1) is 17.9. The van der Waals surface area contributed by atoms with Gasteiger partial charge in [0.2, 0.25) is 0 Å². The summed E-state index contributed by atoms with van der Waals surface area (Å²) in [6.07, 6.45) is 8.19. The molecule has 0 spiro atoms. The van der Waals surface area contributed by atoms with Crippen molar-refractivity contribution >= 4 is 57.3 Å². The lowest BCUT2D eigenvalue weighted by atomic mass is 9.96. The predicted octanol–water partition coefficient (Wildman–Crippen LogP) is 9.59. The number of aliphatic imine (C=N–C) groups is 1. The van der Waals surface area contributed by atoms with Gasteiger partial charge >= 0.3 is 0 Å². The largest absolute Gasteiger partial charge is 0.455 e. The predicted molar refractivity (Wildman–Crippen MR) is 155 cm³/mol. The fourth-order valence-corrected chi connectivity index (χ4v) is 6.25. The summed E-state index contributed by atoms with van der Waals surface area (Å²) in [5.74, 6) is 1.08. The van der Waals surface area contributed by atoms with E-state index < -0.39 is 0 Å². The molecule has 0 fully saturated rings. The number of nitrogens with zero attached hydrogens (tertiary/aromatic N) is 1. The van der Waals surface area contributed by atoms with Crippen LogP contribution in [-0.4, -0.2) is 12.1 Å². The molecule has 2 aromatic heterocycles. The summed E-state index contributed by atoms with van der Waals surface area (Å²) < 4.78 is 6.00. The summed E-state index contributed by atoms with van der Waals surface area (Å²) in [7, 11) is 0. The first-order valence-corrected chi connectivity index (χ1v) is 14.1. The second-order valence-corrected chi connectivity index (χ2v) is 11.3. The number of nitrogens with one attached hydrogen (secondary N) is 1. The molecule has 37 heavy (non-hydrogen) atoms. The molecule has 2 aromatic carbocycles. The summed E-state index contributed by atoms with van der Waals surface area (Å²) in [4.78, 5) is 19.6. The molecule has 1 N–H and O–H groups in total. The van der Waals surface area contributed by atoms with Crippen LogP contribution < -0.4 is 5.32 Å². The van der Waals surface area contributed by atoms with Crippen molar-refractivity contribution in [3.8, 4) is 11.3 Å². The van der Waals surface area contributed by atoms with Gasteiger partial charge in [0.1, 0.15) is 16.5 Å². The summed E-state index contributed by atoms with van der Waals surface area (Å²) in [6, 6.07) is 15.1. The highest BCUT2D eigenvalue weighted by Crippen LogP contribution is 2.40. The normalized spacial score (nSPS) is 13.8. The van der Waals surface area contributed by atoms with E-state index in [4.69, 9.17) is 32.6 Å². The molecule has 1 aliphatic rings. The van der Waals surface area contributed by atoms with Crippen LogP contribution in [0, 0.1) is 13.8 Å². The minimum Gasteiger partial charge on any atom is -0.455 e. The molecule has 190 valence electrons. The Morgan fingerprint density at radius 3 is 2.62 bits per heavy atom. The number of halogens is 2. The van der Waals surface area contributed by atoms with Crippen LogP contribution in [0.1, 0.15) is 63.4 Å². The molecular formula is C30H28Cl2N2O2S. The minimum absolute atomic E-state index is 0.112. The Bertz CT molecular complexity index is 1480. The van der Waals surface area contributed by atoms with E-state index in [-0.39, 0.29) is 5.91 Å². The van der Waals surface area contributed by atoms with Crippen LogP contribution >= 0.6 is 34.5 Å². The van der Waals surface area contributed by atoms with Crippen molar-refractivity contribution in [1.82, 2.24) is 0 Å². The number of thiophene rings is 1. The van der Waals surface area contributed by atoms with Crippen molar-refractivity contribution in [1.29, 1.82) is 0 Å². The van der Waals surface area contributed by atoms with Crippen LogP contribution in [0.25, 0.3) is 11.3 Å². The van der Waals surface area contributed by atoms with Gasteiger partial charge in [0.15, 0.2) is 0 Å². The first-order valence-electron chi connectivity index (χ1n) is 12.5. The average molecular weight is 552 g/mol. The fourth-order valence-electron chi connectivity index (χ4n) is 4.63. The van der Waals surface area contributed by atoms with E-state index in [1.807, 2.05) is 42.5 Å². The molecule has 4 nitrogen and oxygen atoms in total. The molecule has 1 amide bonds. The highest BCUT2D eigenvalue weighted by molar-refractivity contribution is 7.16. The van der Waals surface area contributed by atoms with E-state index in [0.717, 1.165) is 48.1 Å². The Morgan fingerprint density at radius 2 is 1.81 bits per heavy atom. The molecule has 0 saturated carbocycles. The third-order valence-corrected chi connectivity index (χ3v) is 8.82. The average Bonchev–Trinajstić information content (AvgIpc) is 3.46. The van der Waals surface area contributed by atoms with Gasteiger partial charge in [0, 0.05) is 16.1 Å². The number of benzene rings is 2. The Morgan fingerprint density at radius 1 is 1.00 bits per heavy atom. The van der Waals surface area contributed by atoms with Crippen LogP contribution in [0.15, 0.2) is 57.9 Å². The Hall–Kier alpha value is -2.86. The number of aryl methyl sites for hydroxylation is 3. The molecule has 0 aliphatic heterocycles. The number of furan rings is 1. The van der Waals surface area contributed by atoms with Crippen molar-refractivity contribution in [3.05, 3.63) is 91.5 Å². The molecule has 0 unspecified atom stereocenters. The second kappa shape index (κ2) is 11.3. The highest BCUT2D eigenvalue weighted by atomic mass is 35.5. The Kier molecular flexibility index (Phi) is 7.84. The first kappa shape index (κ1) is 25.8. The monoisotopic (exact) mass is 550 g/mol. The van der Waals surface area contributed by atoms with E-state index in [2.05, 4.69) is 19.2 Å². The molecule has 0 atom stereocenters. The van der Waals surface area contributed by atoms with Crippen molar-refractivity contribution in [3.63, 3.8) is 0 Å². The lowest BCUT2D eigenvalue weighted by molar-refractivity contribution is 0.102. The summed E-state index contributed by atoms with van der Waals surface area (Å²) in [5.41, 5.74) is 5.68. The van der Waals surface area contributed by atoms with Crippen molar-refractivity contribution in [2.75, 3.05) is 5.32 Å². The molecular weight excluding hydrogens is 523 g/mol. The number of carbonyl (C=O) groups excluding carboxylic acids is 1. The maximum atomic E-state index is 13.6. The van der Waals surface area contributed by atoms with Gasteiger partial charge in [-0.05, 0) is 92.6 Å². The molecule has 0 radical (unpaired) electrons. The summed E-state index contributed by atoms with van der Waals surface area (Å²) in [5, 5.41) is 4.76. The van der Waals surface area contributed by atoms with E-state index >= 15 is 0 Å². The van der Waals surface area contributed by atoms with Gasteiger partial charge in [0.25, 0.3) is 5.91 Å². The number of amides is 1. The maximum absolute atomic E-state index is 13.6. The standard InChI is InChI=1S/C30H28Cl2N2O2S/c1-18-12-13-20(16-19(18)2)34-29(35)27-23-8-5-3-4-6-11-26(23)37-30(27)33-17-21-14-15-25(36-21)22-9-7-10-24(31)28(22)32/h7,9-10,12-17H,3-6,8,11H2,1-2H3,(H,34,35). The number of fused-ring (bicyclic) bond motifs is 1. The Labute approximate surface area is 231 Å². The number of carbonyl (C=O) groups is 1. The maximum Gasteiger partial charge on any atom is 0.259 e. The third kappa shape index (κ3) is 5.69. The van der Waals surface area contributed by atoms with Crippen molar-refractivity contribution < 1.29 is 9.21 Å². The quantitative estimate of drug-likeness (QED) is 0.251. The van der Waals surface area contributed by atoms with Gasteiger partial charge in [-0.1, -0.05) is 48.2 Å². The van der Waals surface area contributed by atoms with E-state index in [1.54, 1.807) is 23.6 Å². The van der Waals surface area contributed by atoms with Crippen molar-refractivity contribution in [2.45, 2.75) is 52.4 Å². The number of rotatable bonds is 5. The van der Waals surface area contributed by atoms with Crippen LogP contribution in [-0.2, 0) is 12.8 Å². The van der Waals surface area contributed by atoms with Gasteiger partial charge in [0.05, 0.1) is 21.8 Å². The lowest BCUT2D eigenvalue weighted by Crippen LogP contribution is -2.14. The van der Waals surface area contributed by atoms with E-state index in [0.29, 0.717) is 32.1 Å².